The van der Waals surface area contributed by atoms with Crippen LogP contribution in [-0.2, 0) is 0 Å². The van der Waals surface area contributed by atoms with Crippen LogP contribution in [0, 0.1) is 0 Å². The lowest BCUT2D eigenvalue weighted by atomic mass is 9.92. The molecule has 3 aliphatic heterocycles. The summed E-state index contributed by atoms with van der Waals surface area (Å²) in [7, 11) is -1.58. The minimum Gasteiger partial charge on any atom is -0.259 e. The smallest absolute Gasteiger partial charge is 0.255 e. The highest BCUT2D eigenvalue weighted by atomic mass is 31.2. The van der Waals surface area contributed by atoms with Crippen LogP contribution in [0.3, 0.4) is 0 Å². The van der Waals surface area contributed by atoms with Crippen molar-refractivity contribution in [3.63, 3.8) is 0 Å². The largest absolute Gasteiger partial charge is 0.259 e. The molecule has 0 aromatic rings. The molecule has 2 N–H and O–H groups in total. The third-order valence-electron chi connectivity index (χ3n) is 9.46. The molecule has 0 aromatic carbocycles. The van der Waals surface area contributed by atoms with Crippen LogP contribution in [-0.4, -0.2) is 101 Å². The first-order chi connectivity index (χ1) is 18.9. The third-order valence-corrected chi connectivity index (χ3v) is 26.3. The predicted octanol–water partition coefficient (Wildman–Crippen LogP) is 9.22. The first-order valence-corrected chi connectivity index (χ1v) is 23.2. The van der Waals surface area contributed by atoms with Gasteiger partial charge in [0.25, 0.3) is 7.51 Å². The molecule has 4 atom stereocenters. The van der Waals surface area contributed by atoms with Crippen molar-refractivity contribution in [1.82, 2.24) is 24.0 Å². The molecule has 0 aliphatic carbocycles. The zero-order chi connectivity index (χ0) is 31.0. The molecule has 3 rings (SSSR count). The lowest BCUT2D eigenvalue weighted by Crippen LogP contribution is -2.50. The lowest BCUT2D eigenvalue weighted by Gasteiger charge is -2.49. The van der Waals surface area contributed by atoms with Crippen LogP contribution in [0.4, 0.5) is 0 Å². The molecule has 1 saturated heterocycles. The lowest BCUT2D eigenvalue weighted by molar-refractivity contribution is 0.224. The highest BCUT2D eigenvalue weighted by Crippen LogP contribution is 2.76. The van der Waals surface area contributed by atoms with Gasteiger partial charge in [0.15, 0.2) is 7.51 Å². The van der Waals surface area contributed by atoms with Crippen molar-refractivity contribution in [2.24, 2.45) is 14.0 Å². The van der Waals surface area contributed by atoms with Crippen LogP contribution in [0.2, 0.25) is 0 Å². The van der Waals surface area contributed by atoms with Gasteiger partial charge in [0.1, 0.15) is 12.3 Å². The quantitative estimate of drug-likeness (QED) is 0.218. The zero-order valence-electron chi connectivity index (χ0n) is 29.1. The Morgan fingerprint density at radius 3 is 2.07 bits per heavy atom. The normalized spacial score (nSPS) is 30.7. The average molecular weight is 651 g/mol. The van der Waals surface area contributed by atoms with E-state index in [4.69, 9.17) is 14.0 Å². The van der Waals surface area contributed by atoms with E-state index in [0.29, 0.717) is 23.0 Å². The number of fused-ring (bicyclic) bond motifs is 1. The summed E-state index contributed by atoms with van der Waals surface area (Å²) in [6.07, 6.45) is 5.84. The SMILES string of the molecule is CC[P+](CC)=NP12=NC(C)(C)C(CC(C)[P+](NP3(NC(C)(C)C)=NCCCN3C)(C(C)C)C(C)C)N1CCCN2C. The molecule has 0 amide bonds. The van der Waals surface area contributed by atoms with Crippen molar-refractivity contribution < 1.29 is 0 Å². The molecular formula is C29H66N8P4+2. The van der Waals surface area contributed by atoms with Crippen molar-refractivity contribution in [2.45, 2.75) is 136 Å². The van der Waals surface area contributed by atoms with Gasteiger partial charge in [-0.05, 0) is 115 Å². The highest BCUT2D eigenvalue weighted by molar-refractivity contribution is 7.84. The zero-order valence-corrected chi connectivity index (χ0v) is 32.7. The van der Waals surface area contributed by atoms with Gasteiger partial charge in [-0.3, -0.25) is 9.83 Å². The number of nitrogens with zero attached hydrogens (tertiary/aromatic N) is 6. The monoisotopic (exact) mass is 650 g/mol. The van der Waals surface area contributed by atoms with E-state index in [1.54, 1.807) is 0 Å². The highest BCUT2D eigenvalue weighted by Gasteiger charge is 2.59. The fourth-order valence-corrected chi connectivity index (χ4v) is 26.1. The summed E-state index contributed by atoms with van der Waals surface area (Å²) in [5, 5.41) is 4.09. The van der Waals surface area contributed by atoms with Gasteiger partial charge < -0.3 is 0 Å². The van der Waals surface area contributed by atoms with E-state index in [2.05, 4.69) is 121 Å². The number of hydrogen-bond donors (Lipinski definition) is 2. The molecule has 0 radical (unpaired) electrons. The predicted molar refractivity (Wildman–Crippen MR) is 190 cm³/mol. The second-order valence-electron chi connectivity index (χ2n) is 14.7. The number of rotatable bonds is 11. The summed E-state index contributed by atoms with van der Waals surface area (Å²) in [4.78, 5) is 4.53. The van der Waals surface area contributed by atoms with Gasteiger partial charge in [0.05, 0.1) is 29.9 Å². The first kappa shape index (κ1) is 36.3. The van der Waals surface area contributed by atoms with Gasteiger partial charge in [-0.1, -0.05) is 0 Å². The molecule has 0 bridgehead atoms. The average Bonchev–Trinajstić information content (AvgIpc) is 3.08. The molecule has 0 aromatic heterocycles. The third kappa shape index (κ3) is 7.28. The Labute approximate surface area is 256 Å². The summed E-state index contributed by atoms with van der Waals surface area (Å²) < 4.78 is 24.9. The summed E-state index contributed by atoms with van der Waals surface area (Å²) in [6, 6.07) is 0.410. The Hall–Kier alpha value is 0.790. The standard InChI is InChI=1S/C29H66N8P4/c1-15-38(16-2)33-41-32-29(11,12)27(37(41)22-18-21-36(41)14)23-26(7)39(24(3)4,25(5)6)34-40(31-28(8,9)10)30-19-17-20-35(40)13/h24-27,31,34H,15-23H2,1-14H3/q+2. The molecular weight excluding hydrogens is 584 g/mol. The molecule has 240 valence electrons. The maximum atomic E-state index is 5.76. The van der Waals surface area contributed by atoms with E-state index < -0.39 is 22.4 Å². The van der Waals surface area contributed by atoms with Gasteiger partial charge >= 0.3 is 0 Å². The topological polar surface area (TPSA) is 70.9 Å². The minimum absolute atomic E-state index is 0.0179. The Morgan fingerprint density at radius 1 is 0.976 bits per heavy atom. The van der Waals surface area contributed by atoms with E-state index in [1.165, 1.54) is 6.42 Å². The van der Waals surface area contributed by atoms with E-state index in [-0.39, 0.29) is 18.8 Å². The van der Waals surface area contributed by atoms with Crippen molar-refractivity contribution in [3.05, 3.63) is 0 Å². The first-order valence-electron chi connectivity index (χ1n) is 16.3. The van der Waals surface area contributed by atoms with Gasteiger partial charge in [0.2, 0.25) is 7.71 Å². The Bertz CT molecular complexity index is 1030. The molecule has 0 spiro atoms. The van der Waals surface area contributed by atoms with Gasteiger partial charge in [0, 0.05) is 44.2 Å². The van der Waals surface area contributed by atoms with Crippen molar-refractivity contribution in [3.8, 4) is 0 Å². The fourth-order valence-electron chi connectivity index (χ4n) is 7.42. The van der Waals surface area contributed by atoms with E-state index in [9.17, 15) is 0 Å². The molecule has 3 heterocycles. The van der Waals surface area contributed by atoms with Gasteiger partial charge in [-0.25, -0.2) is 18.8 Å². The van der Waals surface area contributed by atoms with Gasteiger partial charge in [-0.15, -0.1) is 4.86 Å². The molecule has 41 heavy (non-hydrogen) atoms. The van der Waals surface area contributed by atoms with Crippen LogP contribution >= 0.6 is 30.1 Å². The summed E-state index contributed by atoms with van der Waals surface area (Å²) >= 11 is 0. The second-order valence-corrected chi connectivity index (χ2v) is 28.0. The van der Waals surface area contributed by atoms with Gasteiger partial charge in [-0.2, -0.15) is 0 Å². The van der Waals surface area contributed by atoms with E-state index in [0.717, 1.165) is 51.3 Å². The van der Waals surface area contributed by atoms with Crippen LogP contribution in [0.15, 0.2) is 14.0 Å². The molecule has 12 heteroatoms. The minimum atomic E-state index is -2.09. The molecule has 8 nitrogen and oxygen atoms in total. The molecule has 3 aliphatic rings. The Morgan fingerprint density at radius 2 is 1.56 bits per heavy atom. The Balaban J connectivity index is 2.09. The number of nitrogens with one attached hydrogen (secondary N) is 2. The molecule has 1 fully saturated rings. The molecule has 4 unspecified atom stereocenters. The maximum absolute atomic E-state index is 5.76. The molecule has 0 saturated carbocycles. The summed E-state index contributed by atoms with van der Waals surface area (Å²) in [5.74, 6) is 0. The van der Waals surface area contributed by atoms with Crippen molar-refractivity contribution >= 4 is 30.1 Å². The number of hydrogen-bond acceptors (Lipinski definition) is 8. The van der Waals surface area contributed by atoms with Crippen molar-refractivity contribution in [2.75, 3.05) is 52.6 Å². The maximum Gasteiger partial charge on any atom is 0.255 e. The second kappa shape index (κ2) is 13.6. The van der Waals surface area contributed by atoms with Crippen LogP contribution in [0.5, 0.6) is 0 Å². The van der Waals surface area contributed by atoms with E-state index >= 15 is 0 Å². The summed E-state index contributed by atoms with van der Waals surface area (Å²) in [6.45, 7) is 33.1. The Kier molecular flexibility index (Phi) is 12.1. The van der Waals surface area contributed by atoms with Crippen LogP contribution in [0.25, 0.3) is 0 Å². The summed E-state index contributed by atoms with van der Waals surface area (Å²) in [5.41, 5.74) is 1.53. The fraction of sp³-hybridized carbons (Fsp3) is 1.00. The van der Waals surface area contributed by atoms with Crippen LogP contribution < -0.4 is 9.95 Å². The van der Waals surface area contributed by atoms with Crippen LogP contribution in [0.1, 0.15) is 102 Å². The van der Waals surface area contributed by atoms with Crippen molar-refractivity contribution in [1.29, 1.82) is 0 Å². The van der Waals surface area contributed by atoms with E-state index in [1.807, 2.05) is 0 Å².